The van der Waals surface area contributed by atoms with E-state index in [4.69, 9.17) is 4.74 Å². The van der Waals surface area contributed by atoms with E-state index >= 15 is 0 Å². The summed E-state index contributed by atoms with van der Waals surface area (Å²) < 4.78 is 5.16. The molecule has 8 nitrogen and oxygen atoms in total. The van der Waals surface area contributed by atoms with Crippen LogP contribution in [-0.4, -0.2) is 43.7 Å². The van der Waals surface area contributed by atoms with Crippen LogP contribution in [0.25, 0.3) is 0 Å². The monoisotopic (exact) mass is 397 g/mol. The molecule has 1 unspecified atom stereocenters. The number of para-hydroxylation sites is 1. The average molecular weight is 397 g/mol. The summed E-state index contributed by atoms with van der Waals surface area (Å²) in [5.74, 6) is -0.885. The Balaban J connectivity index is 2.12. The number of benzene rings is 2. The van der Waals surface area contributed by atoms with Crippen molar-refractivity contribution in [3.63, 3.8) is 0 Å². The highest BCUT2D eigenvalue weighted by Crippen LogP contribution is 2.18. The van der Waals surface area contributed by atoms with Crippen LogP contribution in [0.2, 0.25) is 0 Å². The maximum absolute atomic E-state index is 13.0. The molecular formula is C21H23N3O5. The Labute approximate surface area is 168 Å². The zero-order valence-corrected chi connectivity index (χ0v) is 16.0. The normalized spacial score (nSPS) is 11.1. The molecule has 0 aliphatic heterocycles. The zero-order valence-electron chi connectivity index (χ0n) is 16.0. The SMILES string of the molecule is CNC(=O)CC(NC(=O)OCc1ccccc1)C(=O)c1ccccc1NCC=O. The van der Waals surface area contributed by atoms with Crippen LogP contribution in [-0.2, 0) is 20.9 Å². The number of aldehydes is 1. The van der Waals surface area contributed by atoms with Crippen molar-refractivity contribution in [2.45, 2.75) is 19.1 Å². The molecule has 0 bridgehead atoms. The van der Waals surface area contributed by atoms with Gasteiger partial charge in [-0.3, -0.25) is 9.59 Å². The van der Waals surface area contributed by atoms with Gasteiger partial charge < -0.3 is 25.5 Å². The number of rotatable bonds is 10. The van der Waals surface area contributed by atoms with Crippen molar-refractivity contribution in [3.05, 3.63) is 65.7 Å². The number of carbonyl (C=O) groups excluding carboxylic acids is 4. The van der Waals surface area contributed by atoms with E-state index in [2.05, 4.69) is 16.0 Å². The summed E-state index contributed by atoms with van der Waals surface area (Å²) in [4.78, 5) is 47.7. The van der Waals surface area contributed by atoms with Gasteiger partial charge in [0, 0.05) is 18.3 Å². The van der Waals surface area contributed by atoms with Crippen LogP contribution < -0.4 is 16.0 Å². The Bertz CT molecular complexity index is 854. The predicted octanol–water partition coefficient (Wildman–Crippen LogP) is 1.91. The van der Waals surface area contributed by atoms with E-state index in [1.54, 1.807) is 36.4 Å². The molecule has 0 aromatic heterocycles. The Morgan fingerprint density at radius 3 is 2.41 bits per heavy atom. The third-order valence-corrected chi connectivity index (χ3v) is 4.06. The van der Waals surface area contributed by atoms with E-state index in [-0.39, 0.29) is 25.1 Å². The lowest BCUT2D eigenvalue weighted by Crippen LogP contribution is -2.44. The lowest BCUT2D eigenvalue weighted by molar-refractivity contribution is -0.120. The third-order valence-electron chi connectivity index (χ3n) is 4.06. The fourth-order valence-corrected chi connectivity index (χ4v) is 2.60. The molecule has 2 rings (SSSR count). The summed E-state index contributed by atoms with van der Waals surface area (Å²) in [6.07, 6.45) is -0.394. The second-order valence-electron chi connectivity index (χ2n) is 6.09. The number of amides is 2. The minimum absolute atomic E-state index is 0.0248. The van der Waals surface area contributed by atoms with Crippen molar-refractivity contribution >= 4 is 29.8 Å². The first-order chi connectivity index (χ1) is 14.0. The molecule has 2 aromatic rings. The van der Waals surface area contributed by atoms with Gasteiger partial charge in [0.25, 0.3) is 0 Å². The van der Waals surface area contributed by atoms with Crippen LogP contribution in [0.4, 0.5) is 10.5 Å². The molecule has 0 fully saturated rings. The first-order valence-corrected chi connectivity index (χ1v) is 9.03. The van der Waals surface area contributed by atoms with E-state index in [0.717, 1.165) is 5.56 Å². The molecule has 0 aliphatic rings. The fraction of sp³-hybridized carbons (Fsp3) is 0.238. The molecule has 2 aromatic carbocycles. The van der Waals surface area contributed by atoms with Gasteiger partial charge in [0.15, 0.2) is 5.78 Å². The molecule has 2 amide bonds. The lowest BCUT2D eigenvalue weighted by Gasteiger charge is -2.19. The topological polar surface area (TPSA) is 114 Å². The Hall–Kier alpha value is -3.68. The fourth-order valence-electron chi connectivity index (χ4n) is 2.60. The number of nitrogens with one attached hydrogen (secondary N) is 3. The van der Waals surface area contributed by atoms with Crippen LogP contribution in [0.1, 0.15) is 22.3 Å². The van der Waals surface area contributed by atoms with Gasteiger partial charge >= 0.3 is 6.09 Å². The van der Waals surface area contributed by atoms with Gasteiger partial charge in [-0.1, -0.05) is 42.5 Å². The molecule has 152 valence electrons. The van der Waals surface area contributed by atoms with Crippen molar-refractivity contribution in [2.75, 3.05) is 18.9 Å². The molecule has 3 N–H and O–H groups in total. The van der Waals surface area contributed by atoms with Gasteiger partial charge in [-0.15, -0.1) is 0 Å². The number of hydrogen-bond donors (Lipinski definition) is 3. The molecule has 0 heterocycles. The van der Waals surface area contributed by atoms with Crippen LogP contribution in [0, 0.1) is 0 Å². The number of ether oxygens (including phenoxy) is 1. The standard InChI is InChI=1S/C21H23N3O5/c1-22-19(26)13-18(24-21(28)29-14-15-7-3-2-4-8-15)20(27)16-9-5-6-10-17(16)23-11-12-25/h2-10,12,18,23H,11,13-14H2,1H3,(H,22,26)(H,24,28). The highest BCUT2D eigenvalue weighted by atomic mass is 16.5. The summed E-state index contributed by atoms with van der Waals surface area (Å²) in [6.45, 7) is 0.0575. The van der Waals surface area contributed by atoms with Crippen LogP contribution in [0.3, 0.4) is 0 Å². The second-order valence-corrected chi connectivity index (χ2v) is 6.09. The molecular weight excluding hydrogens is 374 g/mol. The van der Waals surface area contributed by atoms with E-state index in [9.17, 15) is 19.2 Å². The lowest BCUT2D eigenvalue weighted by atomic mass is 9.99. The highest BCUT2D eigenvalue weighted by Gasteiger charge is 2.27. The third kappa shape index (κ3) is 6.76. The van der Waals surface area contributed by atoms with Gasteiger partial charge in [-0.2, -0.15) is 0 Å². The van der Waals surface area contributed by atoms with E-state index in [1.165, 1.54) is 7.05 Å². The predicted molar refractivity (Wildman–Crippen MR) is 108 cm³/mol. The van der Waals surface area contributed by atoms with E-state index in [0.29, 0.717) is 12.0 Å². The summed E-state index contributed by atoms with van der Waals surface area (Å²) in [6, 6.07) is 14.5. The summed E-state index contributed by atoms with van der Waals surface area (Å²) in [5.41, 5.74) is 1.48. The molecule has 29 heavy (non-hydrogen) atoms. The average Bonchev–Trinajstić information content (AvgIpc) is 2.76. The number of anilines is 1. The van der Waals surface area contributed by atoms with Crippen molar-refractivity contribution in [1.82, 2.24) is 10.6 Å². The Kier molecular flexibility index (Phi) is 8.37. The number of alkyl carbamates (subject to hydrolysis) is 1. The van der Waals surface area contributed by atoms with Gasteiger partial charge in [0.05, 0.1) is 13.0 Å². The van der Waals surface area contributed by atoms with Crippen LogP contribution in [0.5, 0.6) is 0 Å². The summed E-state index contributed by atoms with van der Waals surface area (Å²) in [5, 5.41) is 7.73. The Morgan fingerprint density at radius 2 is 1.72 bits per heavy atom. The maximum atomic E-state index is 13.0. The minimum Gasteiger partial charge on any atom is -0.445 e. The molecule has 0 aliphatic carbocycles. The highest BCUT2D eigenvalue weighted by molar-refractivity contribution is 6.07. The summed E-state index contributed by atoms with van der Waals surface area (Å²) in [7, 11) is 1.44. The largest absolute Gasteiger partial charge is 0.445 e. The quantitative estimate of drug-likeness (QED) is 0.417. The minimum atomic E-state index is -1.13. The van der Waals surface area contributed by atoms with Crippen molar-refractivity contribution in [2.24, 2.45) is 0 Å². The van der Waals surface area contributed by atoms with E-state index in [1.807, 2.05) is 18.2 Å². The van der Waals surface area contributed by atoms with E-state index < -0.39 is 23.8 Å². The molecule has 1 atom stereocenters. The Morgan fingerprint density at radius 1 is 1.03 bits per heavy atom. The number of Topliss-reactive ketones (excluding diaryl/α,β-unsaturated/α-hetero) is 1. The van der Waals surface area contributed by atoms with Crippen LogP contribution >= 0.6 is 0 Å². The maximum Gasteiger partial charge on any atom is 0.408 e. The van der Waals surface area contributed by atoms with Crippen molar-refractivity contribution in [1.29, 1.82) is 0 Å². The zero-order chi connectivity index (χ0) is 21.1. The summed E-state index contributed by atoms with van der Waals surface area (Å²) >= 11 is 0. The molecule has 0 saturated heterocycles. The van der Waals surface area contributed by atoms with Crippen molar-refractivity contribution in [3.8, 4) is 0 Å². The van der Waals surface area contributed by atoms with Gasteiger partial charge in [0.1, 0.15) is 18.9 Å². The number of carbonyl (C=O) groups is 4. The molecule has 0 radical (unpaired) electrons. The van der Waals surface area contributed by atoms with Gasteiger partial charge in [0.2, 0.25) is 5.91 Å². The molecule has 0 saturated carbocycles. The van der Waals surface area contributed by atoms with Gasteiger partial charge in [-0.05, 0) is 17.7 Å². The number of ketones is 1. The molecule has 8 heteroatoms. The first kappa shape index (κ1) is 21.6. The first-order valence-electron chi connectivity index (χ1n) is 9.03. The van der Waals surface area contributed by atoms with Gasteiger partial charge in [-0.25, -0.2) is 4.79 Å². The molecule has 0 spiro atoms. The van der Waals surface area contributed by atoms with Crippen LogP contribution in [0.15, 0.2) is 54.6 Å². The van der Waals surface area contributed by atoms with Crippen molar-refractivity contribution < 1.29 is 23.9 Å². The number of hydrogen-bond acceptors (Lipinski definition) is 6. The smallest absolute Gasteiger partial charge is 0.408 e. The second kappa shape index (κ2) is 11.2.